The van der Waals surface area contributed by atoms with Crippen LogP contribution in [0, 0.1) is 0 Å². The van der Waals surface area contributed by atoms with Gasteiger partial charge in [0, 0.05) is 25.4 Å². The molecule has 0 saturated carbocycles. The number of halogens is 1. The highest BCUT2D eigenvalue weighted by Gasteiger charge is 2.23. The molecular weight excluding hydrogens is 378 g/mol. The van der Waals surface area contributed by atoms with Gasteiger partial charge in [-0.2, -0.15) is 5.10 Å². The van der Waals surface area contributed by atoms with Gasteiger partial charge in [0.2, 0.25) is 5.91 Å². The molecule has 0 aliphatic heterocycles. The van der Waals surface area contributed by atoms with Gasteiger partial charge in [-0.05, 0) is 46.1 Å². The summed E-state index contributed by atoms with van der Waals surface area (Å²) in [4.78, 5) is 23.6. The highest BCUT2D eigenvalue weighted by atomic mass is 79.9. The lowest BCUT2D eigenvalue weighted by Gasteiger charge is -2.16. The molecule has 0 bridgehead atoms. The number of aryl methyl sites for hydroxylation is 2. The van der Waals surface area contributed by atoms with Crippen molar-refractivity contribution < 1.29 is 19.4 Å². The van der Waals surface area contributed by atoms with Gasteiger partial charge in [0.25, 0.3) is 0 Å². The standard InChI is InChI=1S/C16H18BrN3O4/c1-20-11(7-8-18-20)4-6-14(21)19-15(16(22)23)10-3-5-13(24-2)12(17)9-10/h3,5,7-9,15H,4,6H2,1-2H3,(H,19,21)(H,22,23). The predicted molar refractivity (Wildman–Crippen MR) is 90.7 cm³/mol. The lowest BCUT2D eigenvalue weighted by atomic mass is 10.1. The van der Waals surface area contributed by atoms with Crippen LogP contribution in [0.15, 0.2) is 34.9 Å². The summed E-state index contributed by atoms with van der Waals surface area (Å²) >= 11 is 3.32. The van der Waals surface area contributed by atoms with E-state index in [0.29, 0.717) is 22.2 Å². The minimum absolute atomic E-state index is 0.181. The maximum absolute atomic E-state index is 12.1. The zero-order valence-electron chi connectivity index (χ0n) is 13.3. The first-order chi connectivity index (χ1) is 11.4. The lowest BCUT2D eigenvalue weighted by Crippen LogP contribution is -2.34. The molecule has 1 atom stereocenters. The summed E-state index contributed by atoms with van der Waals surface area (Å²) in [7, 11) is 3.32. The molecule has 0 radical (unpaired) electrons. The Morgan fingerprint density at radius 3 is 2.71 bits per heavy atom. The number of aromatic nitrogens is 2. The molecule has 7 nitrogen and oxygen atoms in total. The van der Waals surface area contributed by atoms with Crippen molar-refractivity contribution in [2.45, 2.75) is 18.9 Å². The van der Waals surface area contributed by atoms with E-state index in [4.69, 9.17) is 4.74 Å². The summed E-state index contributed by atoms with van der Waals surface area (Å²) in [5.41, 5.74) is 1.37. The lowest BCUT2D eigenvalue weighted by molar-refractivity contribution is -0.142. The third-order valence-electron chi connectivity index (χ3n) is 3.59. The van der Waals surface area contributed by atoms with Crippen LogP contribution in [-0.4, -0.2) is 33.9 Å². The number of hydrogen-bond donors (Lipinski definition) is 2. The molecule has 0 aliphatic rings. The first-order valence-electron chi connectivity index (χ1n) is 7.25. The molecule has 24 heavy (non-hydrogen) atoms. The van der Waals surface area contributed by atoms with E-state index in [0.717, 1.165) is 5.69 Å². The second kappa shape index (κ2) is 7.96. The summed E-state index contributed by atoms with van der Waals surface area (Å²) < 4.78 is 7.43. The Labute approximate surface area is 147 Å². The molecule has 8 heteroatoms. The van der Waals surface area contributed by atoms with Crippen molar-refractivity contribution in [3.05, 3.63) is 46.2 Å². The van der Waals surface area contributed by atoms with Crippen molar-refractivity contribution in [3.63, 3.8) is 0 Å². The van der Waals surface area contributed by atoms with E-state index < -0.39 is 12.0 Å². The Morgan fingerprint density at radius 1 is 1.42 bits per heavy atom. The summed E-state index contributed by atoms with van der Waals surface area (Å²) in [6.45, 7) is 0. The molecule has 1 heterocycles. The van der Waals surface area contributed by atoms with E-state index in [1.807, 2.05) is 6.07 Å². The van der Waals surface area contributed by atoms with Gasteiger partial charge in [0.15, 0.2) is 6.04 Å². The Morgan fingerprint density at radius 2 is 2.17 bits per heavy atom. The van der Waals surface area contributed by atoms with Gasteiger partial charge in [-0.1, -0.05) is 6.07 Å². The normalized spacial score (nSPS) is 11.8. The van der Waals surface area contributed by atoms with Crippen LogP contribution >= 0.6 is 15.9 Å². The van der Waals surface area contributed by atoms with Crippen molar-refractivity contribution in [2.75, 3.05) is 7.11 Å². The van der Waals surface area contributed by atoms with Gasteiger partial charge in [-0.15, -0.1) is 0 Å². The largest absolute Gasteiger partial charge is 0.496 e. The minimum Gasteiger partial charge on any atom is -0.496 e. The fraction of sp³-hybridized carbons (Fsp3) is 0.312. The van der Waals surface area contributed by atoms with Crippen LogP contribution in [0.5, 0.6) is 5.75 Å². The Balaban J connectivity index is 2.05. The number of carbonyl (C=O) groups is 2. The number of amides is 1. The van der Waals surface area contributed by atoms with Crippen LogP contribution in [0.2, 0.25) is 0 Å². The van der Waals surface area contributed by atoms with Crippen LogP contribution in [0.3, 0.4) is 0 Å². The van der Waals surface area contributed by atoms with Crippen LogP contribution in [0.1, 0.15) is 23.7 Å². The smallest absolute Gasteiger partial charge is 0.330 e. The SMILES string of the molecule is COc1ccc(C(NC(=O)CCc2ccnn2C)C(=O)O)cc1Br. The molecule has 0 saturated heterocycles. The van der Waals surface area contributed by atoms with Crippen LogP contribution in [0.25, 0.3) is 0 Å². The number of nitrogens with one attached hydrogen (secondary N) is 1. The van der Waals surface area contributed by atoms with Gasteiger partial charge in [0.1, 0.15) is 5.75 Å². The zero-order valence-corrected chi connectivity index (χ0v) is 14.9. The van der Waals surface area contributed by atoms with E-state index in [1.54, 1.807) is 36.1 Å². The molecule has 1 aromatic carbocycles. The van der Waals surface area contributed by atoms with Crippen LogP contribution in [-0.2, 0) is 23.1 Å². The first kappa shape index (κ1) is 18.0. The number of nitrogens with zero attached hydrogens (tertiary/aromatic N) is 2. The number of rotatable bonds is 7. The molecule has 0 aliphatic carbocycles. The number of hydrogen-bond acceptors (Lipinski definition) is 4. The number of ether oxygens (including phenoxy) is 1. The molecule has 0 spiro atoms. The second-order valence-electron chi connectivity index (χ2n) is 5.18. The van der Waals surface area contributed by atoms with Crippen molar-refractivity contribution in [2.24, 2.45) is 7.05 Å². The monoisotopic (exact) mass is 395 g/mol. The van der Waals surface area contributed by atoms with Crippen molar-refractivity contribution in [1.82, 2.24) is 15.1 Å². The molecule has 128 valence electrons. The summed E-state index contributed by atoms with van der Waals surface area (Å²) in [6.07, 6.45) is 2.32. The molecule has 0 fully saturated rings. The molecule has 2 rings (SSSR count). The number of carbonyl (C=O) groups excluding carboxylic acids is 1. The Kier molecular flexibility index (Phi) is 5.97. The molecule has 1 unspecified atom stereocenters. The number of carboxylic acids is 1. The number of carboxylic acid groups (broad SMARTS) is 1. The average Bonchev–Trinajstić information content (AvgIpc) is 2.95. The molecule has 1 aromatic heterocycles. The van der Waals surface area contributed by atoms with Gasteiger partial charge in [-0.25, -0.2) is 4.79 Å². The van der Waals surface area contributed by atoms with Crippen LogP contribution < -0.4 is 10.1 Å². The minimum atomic E-state index is -1.12. The number of aliphatic carboxylic acids is 1. The highest BCUT2D eigenvalue weighted by Crippen LogP contribution is 2.28. The fourth-order valence-electron chi connectivity index (χ4n) is 2.27. The van der Waals surface area contributed by atoms with Crippen molar-refractivity contribution >= 4 is 27.8 Å². The van der Waals surface area contributed by atoms with E-state index >= 15 is 0 Å². The summed E-state index contributed by atoms with van der Waals surface area (Å²) in [5, 5.41) is 16.0. The number of benzene rings is 1. The zero-order chi connectivity index (χ0) is 17.7. The molecule has 2 N–H and O–H groups in total. The predicted octanol–water partition coefficient (Wildman–Crippen LogP) is 2.07. The van der Waals surface area contributed by atoms with Gasteiger partial charge < -0.3 is 15.2 Å². The highest BCUT2D eigenvalue weighted by molar-refractivity contribution is 9.10. The molecule has 1 amide bonds. The first-order valence-corrected chi connectivity index (χ1v) is 8.04. The van der Waals surface area contributed by atoms with E-state index in [1.165, 1.54) is 7.11 Å². The Bertz CT molecular complexity index is 745. The van der Waals surface area contributed by atoms with Crippen LogP contribution in [0.4, 0.5) is 0 Å². The van der Waals surface area contributed by atoms with Crippen molar-refractivity contribution in [3.8, 4) is 5.75 Å². The maximum atomic E-state index is 12.1. The second-order valence-corrected chi connectivity index (χ2v) is 6.03. The quantitative estimate of drug-likeness (QED) is 0.748. The van der Waals surface area contributed by atoms with Gasteiger partial charge in [0.05, 0.1) is 11.6 Å². The summed E-state index contributed by atoms with van der Waals surface area (Å²) in [5.74, 6) is -0.873. The Hall–Kier alpha value is -2.35. The molecule has 2 aromatic rings. The van der Waals surface area contributed by atoms with E-state index in [2.05, 4.69) is 26.3 Å². The topological polar surface area (TPSA) is 93.5 Å². The average molecular weight is 396 g/mol. The van der Waals surface area contributed by atoms with Gasteiger partial charge >= 0.3 is 5.97 Å². The maximum Gasteiger partial charge on any atom is 0.330 e. The third kappa shape index (κ3) is 4.35. The number of methoxy groups -OCH3 is 1. The van der Waals surface area contributed by atoms with Crippen molar-refractivity contribution in [1.29, 1.82) is 0 Å². The van der Waals surface area contributed by atoms with Gasteiger partial charge in [-0.3, -0.25) is 9.48 Å². The fourth-order valence-corrected chi connectivity index (χ4v) is 2.83. The summed E-state index contributed by atoms with van der Waals surface area (Å²) in [6, 6.07) is 5.59. The molecular formula is C16H18BrN3O4. The van der Waals surface area contributed by atoms with E-state index in [9.17, 15) is 14.7 Å². The van der Waals surface area contributed by atoms with E-state index in [-0.39, 0.29) is 12.3 Å². The third-order valence-corrected chi connectivity index (χ3v) is 4.21.